The molecule has 5 nitrogen and oxygen atoms in total. The number of para-hydroxylation sites is 1. The quantitative estimate of drug-likeness (QED) is 0.897. The summed E-state index contributed by atoms with van der Waals surface area (Å²) in [5, 5.41) is 4.18. The van der Waals surface area contributed by atoms with Gasteiger partial charge in [-0.3, -0.25) is 9.59 Å². The molecular weight excluding hydrogens is 278 g/mol. The van der Waals surface area contributed by atoms with E-state index in [1.807, 2.05) is 42.3 Å². The van der Waals surface area contributed by atoms with Gasteiger partial charge in [0.1, 0.15) is 0 Å². The highest BCUT2D eigenvalue weighted by atomic mass is 16.2. The molecule has 3 rings (SSSR count). The molecule has 0 bridgehead atoms. The van der Waals surface area contributed by atoms with Gasteiger partial charge >= 0.3 is 0 Å². The lowest BCUT2D eigenvalue weighted by Crippen LogP contribution is -2.47. The lowest BCUT2D eigenvalue weighted by Gasteiger charge is -2.32. The first-order chi connectivity index (χ1) is 10.7. The van der Waals surface area contributed by atoms with E-state index in [1.165, 1.54) is 0 Å². The Hall–Kier alpha value is -2.14. The molecular formula is C17H21N3O2. The monoisotopic (exact) mass is 299 g/mol. The zero-order valence-corrected chi connectivity index (χ0v) is 12.8. The van der Waals surface area contributed by atoms with Crippen molar-refractivity contribution in [3.05, 3.63) is 46.2 Å². The van der Waals surface area contributed by atoms with Crippen LogP contribution in [0.25, 0.3) is 10.9 Å². The van der Waals surface area contributed by atoms with Gasteiger partial charge in [0.25, 0.3) is 5.56 Å². The number of benzene rings is 1. The molecule has 1 saturated heterocycles. The normalized spacial score (nSPS) is 18.6. The van der Waals surface area contributed by atoms with Crippen molar-refractivity contribution in [2.75, 3.05) is 20.1 Å². The third kappa shape index (κ3) is 3.04. The highest BCUT2D eigenvalue weighted by molar-refractivity contribution is 5.82. The van der Waals surface area contributed by atoms with E-state index < -0.39 is 0 Å². The second-order valence-electron chi connectivity index (χ2n) is 5.86. The van der Waals surface area contributed by atoms with Crippen LogP contribution >= 0.6 is 0 Å². The molecule has 1 atom stereocenters. The number of rotatable bonds is 3. The summed E-state index contributed by atoms with van der Waals surface area (Å²) >= 11 is 0. The zero-order chi connectivity index (χ0) is 15.5. The molecule has 2 aromatic rings. The van der Waals surface area contributed by atoms with Crippen LogP contribution in [0.3, 0.4) is 0 Å². The number of nitrogens with one attached hydrogen (secondary N) is 2. The molecule has 1 aliphatic heterocycles. The van der Waals surface area contributed by atoms with E-state index in [4.69, 9.17) is 0 Å². The molecule has 22 heavy (non-hydrogen) atoms. The molecule has 2 heterocycles. The fourth-order valence-electron chi connectivity index (χ4n) is 3.04. The summed E-state index contributed by atoms with van der Waals surface area (Å²) in [7, 11) is 1.92. The van der Waals surface area contributed by atoms with Crippen LogP contribution < -0.4 is 10.9 Å². The number of carbonyl (C=O) groups is 1. The Kier molecular flexibility index (Phi) is 4.24. The van der Waals surface area contributed by atoms with Crippen molar-refractivity contribution >= 4 is 16.8 Å². The van der Waals surface area contributed by atoms with Crippen LogP contribution in [-0.2, 0) is 11.2 Å². The van der Waals surface area contributed by atoms with Crippen LogP contribution in [0, 0.1) is 0 Å². The van der Waals surface area contributed by atoms with Gasteiger partial charge in [0.2, 0.25) is 5.91 Å². The molecule has 1 fully saturated rings. The summed E-state index contributed by atoms with van der Waals surface area (Å²) in [5.41, 5.74) is 1.17. The van der Waals surface area contributed by atoms with Crippen LogP contribution in [0.4, 0.5) is 0 Å². The molecule has 0 aliphatic carbocycles. The van der Waals surface area contributed by atoms with Gasteiger partial charge < -0.3 is 15.2 Å². The number of likely N-dealkylation sites (tertiary alicyclic amines) is 1. The number of hydrogen-bond donors (Lipinski definition) is 2. The van der Waals surface area contributed by atoms with Crippen molar-refractivity contribution < 1.29 is 4.79 Å². The molecule has 2 N–H and O–H groups in total. The number of hydrogen-bond acceptors (Lipinski definition) is 3. The number of nitrogens with zero attached hydrogens (tertiary/aromatic N) is 1. The number of carbonyl (C=O) groups excluding carboxylic acids is 1. The third-order valence-electron chi connectivity index (χ3n) is 4.35. The second kappa shape index (κ2) is 6.32. The van der Waals surface area contributed by atoms with Gasteiger partial charge in [-0.15, -0.1) is 0 Å². The van der Waals surface area contributed by atoms with Crippen molar-refractivity contribution in [2.45, 2.75) is 25.3 Å². The molecule has 0 spiro atoms. The Labute approximate surface area is 129 Å². The molecule has 0 unspecified atom stereocenters. The van der Waals surface area contributed by atoms with E-state index in [0.717, 1.165) is 36.8 Å². The summed E-state index contributed by atoms with van der Waals surface area (Å²) in [6.45, 7) is 1.50. The van der Waals surface area contributed by atoms with E-state index in [-0.39, 0.29) is 17.9 Å². The maximum atomic E-state index is 12.5. The SMILES string of the molecule is CN[C@H]1CCCN(C(=O)Cc2cc3ccccc3[nH]c2=O)C1. The Balaban J connectivity index is 1.79. The predicted molar refractivity (Wildman–Crippen MR) is 86.9 cm³/mol. The lowest BCUT2D eigenvalue weighted by molar-refractivity contribution is -0.131. The predicted octanol–water partition coefficient (Wildman–Crippen LogP) is 1.28. The maximum Gasteiger partial charge on any atom is 0.252 e. The van der Waals surface area contributed by atoms with Gasteiger partial charge in [-0.25, -0.2) is 0 Å². The summed E-state index contributed by atoms with van der Waals surface area (Å²) in [5.74, 6) is 0.0285. The summed E-state index contributed by atoms with van der Waals surface area (Å²) in [6, 6.07) is 9.80. The third-order valence-corrected chi connectivity index (χ3v) is 4.35. The van der Waals surface area contributed by atoms with Gasteiger partial charge in [0.05, 0.1) is 6.42 Å². The van der Waals surface area contributed by atoms with Crippen LogP contribution in [0.5, 0.6) is 0 Å². The Morgan fingerprint density at radius 3 is 3.05 bits per heavy atom. The largest absolute Gasteiger partial charge is 0.341 e. The molecule has 1 aromatic heterocycles. The number of likely N-dealkylation sites (N-methyl/N-ethyl adjacent to an activating group) is 1. The van der Waals surface area contributed by atoms with Gasteiger partial charge in [-0.2, -0.15) is 0 Å². The van der Waals surface area contributed by atoms with Crippen LogP contribution in [0.2, 0.25) is 0 Å². The molecule has 1 aliphatic rings. The van der Waals surface area contributed by atoms with Crippen LogP contribution in [0.1, 0.15) is 18.4 Å². The molecule has 1 amide bonds. The number of fused-ring (bicyclic) bond motifs is 1. The number of amides is 1. The fourth-order valence-corrected chi connectivity index (χ4v) is 3.04. The van der Waals surface area contributed by atoms with Crippen molar-refractivity contribution in [1.82, 2.24) is 15.2 Å². The Morgan fingerprint density at radius 2 is 2.23 bits per heavy atom. The second-order valence-corrected chi connectivity index (χ2v) is 5.86. The topological polar surface area (TPSA) is 65.2 Å². The number of piperidine rings is 1. The van der Waals surface area contributed by atoms with E-state index in [1.54, 1.807) is 0 Å². The van der Waals surface area contributed by atoms with Gasteiger partial charge in [0, 0.05) is 30.2 Å². The highest BCUT2D eigenvalue weighted by Crippen LogP contribution is 2.13. The number of H-pyrrole nitrogens is 1. The number of pyridine rings is 1. The van der Waals surface area contributed by atoms with E-state index in [0.29, 0.717) is 11.6 Å². The smallest absolute Gasteiger partial charge is 0.252 e. The first-order valence-electron chi connectivity index (χ1n) is 7.73. The number of aromatic amines is 1. The van der Waals surface area contributed by atoms with E-state index in [9.17, 15) is 9.59 Å². The van der Waals surface area contributed by atoms with Crippen LogP contribution in [0.15, 0.2) is 35.1 Å². The summed E-state index contributed by atoms with van der Waals surface area (Å²) < 4.78 is 0. The zero-order valence-electron chi connectivity index (χ0n) is 12.8. The molecule has 0 radical (unpaired) electrons. The fraction of sp³-hybridized carbons (Fsp3) is 0.412. The molecule has 5 heteroatoms. The van der Waals surface area contributed by atoms with E-state index >= 15 is 0 Å². The standard InChI is InChI=1S/C17H21N3O2/c1-18-14-6-4-8-20(11-14)16(21)10-13-9-12-5-2-3-7-15(12)19-17(13)22/h2-3,5,7,9,14,18H,4,6,8,10-11H2,1H3,(H,19,22)/t14-/m0/s1. The number of aromatic nitrogens is 1. The average Bonchev–Trinajstić information content (AvgIpc) is 2.55. The van der Waals surface area contributed by atoms with Crippen molar-refractivity contribution in [2.24, 2.45) is 0 Å². The first-order valence-corrected chi connectivity index (χ1v) is 7.73. The first kappa shape index (κ1) is 14.8. The average molecular weight is 299 g/mol. The van der Waals surface area contributed by atoms with Gasteiger partial charge in [-0.05, 0) is 37.4 Å². The van der Waals surface area contributed by atoms with Crippen molar-refractivity contribution in [3.8, 4) is 0 Å². The molecule has 1 aromatic carbocycles. The minimum Gasteiger partial charge on any atom is -0.341 e. The summed E-state index contributed by atoms with van der Waals surface area (Å²) in [4.78, 5) is 29.3. The minimum absolute atomic E-state index is 0.0285. The van der Waals surface area contributed by atoms with Crippen molar-refractivity contribution in [1.29, 1.82) is 0 Å². The summed E-state index contributed by atoms with van der Waals surface area (Å²) in [6.07, 6.45) is 2.26. The molecule has 116 valence electrons. The Morgan fingerprint density at radius 1 is 1.41 bits per heavy atom. The highest BCUT2D eigenvalue weighted by Gasteiger charge is 2.23. The van der Waals surface area contributed by atoms with Crippen molar-refractivity contribution in [3.63, 3.8) is 0 Å². The van der Waals surface area contributed by atoms with Gasteiger partial charge in [-0.1, -0.05) is 18.2 Å². The minimum atomic E-state index is -0.172. The van der Waals surface area contributed by atoms with Crippen LogP contribution in [-0.4, -0.2) is 42.0 Å². The van der Waals surface area contributed by atoms with Gasteiger partial charge in [0.15, 0.2) is 0 Å². The maximum absolute atomic E-state index is 12.5. The lowest BCUT2D eigenvalue weighted by atomic mass is 10.0. The van der Waals surface area contributed by atoms with E-state index in [2.05, 4.69) is 10.3 Å². The Bertz CT molecular complexity index is 738. The molecule has 0 saturated carbocycles.